The van der Waals surface area contributed by atoms with Crippen molar-refractivity contribution in [3.05, 3.63) is 69.0 Å². The first kappa shape index (κ1) is 14.8. The average Bonchev–Trinajstić information content (AvgIpc) is 2.42. The van der Waals surface area contributed by atoms with Crippen LogP contribution in [0.15, 0.2) is 30.3 Å². The Kier molecular flexibility index (Phi) is 4.11. The quantitative estimate of drug-likeness (QED) is 0.687. The van der Waals surface area contributed by atoms with E-state index in [0.29, 0.717) is 0 Å². The Balaban J connectivity index is 2.23. The van der Waals surface area contributed by atoms with Crippen LogP contribution in [0.3, 0.4) is 0 Å². The number of rotatable bonds is 4. The van der Waals surface area contributed by atoms with Crippen LogP contribution in [-0.4, -0.2) is 4.92 Å². The third-order valence-electron chi connectivity index (χ3n) is 2.97. The van der Waals surface area contributed by atoms with Crippen molar-refractivity contribution in [2.24, 2.45) is 0 Å². The molecule has 0 atom stereocenters. The second-order valence-corrected chi connectivity index (χ2v) is 4.44. The van der Waals surface area contributed by atoms with Crippen molar-refractivity contribution in [2.75, 3.05) is 5.32 Å². The molecule has 0 radical (unpaired) electrons. The molecule has 2 aromatic carbocycles. The largest absolute Gasteiger partial charge is 0.378 e. The van der Waals surface area contributed by atoms with Gasteiger partial charge in [0, 0.05) is 24.2 Å². The number of nitro groups is 1. The lowest BCUT2D eigenvalue weighted by Gasteiger charge is -2.09. The number of anilines is 1. The van der Waals surface area contributed by atoms with Gasteiger partial charge in [0.1, 0.15) is 11.6 Å². The van der Waals surface area contributed by atoms with Gasteiger partial charge in [0.25, 0.3) is 0 Å². The Hall–Kier alpha value is -2.57. The number of nitrogens with zero attached hydrogens (tertiary/aromatic N) is 1. The van der Waals surface area contributed by atoms with Crippen LogP contribution in [0.4, 0.5) is 24.5 Å². The molecule has 0 fully saturated rings. The van der Waals surface area contributed by atoms with Crippen molar-refractivity contribution < 1.29 is 18.1 Å². The van der Waals surface area contributed by atoms with Gasteiger partial charge in [0.2, 0.25) is 5.82 Å². The van der Waals surface area contributed by atoms with Crippen molar-refractivity contribution in [3.8, 4) is 0 Å². The SMILES string of the molecule is Cc1cc(F)c(NCc2cccc([N+](=O)[O-])c2F)cc1F. The third kappa shape index (κ3) is 3.13. The number of nitro benzene ring substituents is 1. The summed E-state index contributed by atoms with van der Waals surface area (Å²) < 4.78 is 40.8. The van der Waals surface area contributed by atoms with Gasteiger partial charge < -0.3 is 5.32 Å². The fraction of sp³-hybridized carbons (Fsp3) is 0.143. The van der Waals surface area contributed by atoms with Crippen molar-refractivity contribution >= 4 is 11.4 Å². The van der Waals surface area contributed by atoms with Gasteiger partial charge >= 0.3 is 5.69 Å². The highest BCUT2D eigenvalue weighted by atomic mass is 19.1. The Morgan fingerprint density at radius 3 is 2.57 bits per heavy atom. The molecule has 0 unspecified atom stereocenters. The standard InChI is InChI=1S/C14H11F3N2O2/c1-8-5-11(16)12(6-10(8)15)18-7-9-3-2-4-13(14(9)17)19(20)21/h2-6,18H,7H2,1H3. The zero-order chi connectivity index (χ0) is 15.6. The third-order valence-corrected chi connectivity index (χ3v) is 2.97. The maximum Gasteiger partial charge on any atom is 0.305 e. The molecule has 110 valence electrons. The van der Waals surface area contributed by atoms with Gasteiger partial charge in [-0.05, 0) is 18.6 Å². The van der Waals surface area contributed by atoms with E-state index in [4.69, 9.17) is 0 Å². The zero-order valence-corrected chi connectivity index (χ0v) is 11.0. The van der Waals surface area contributed by atoms with Gasteiger partial charge in [-0.1, -0.05) is 12.1 Å². The average molecular weight is 296 g/mol. The van der Waals surface area contributed by atoms with Crippen LogP contribution in [0.2, 0.25) is 0 Å². The normalized spacial score (nSPS) is 10.5. The van der Waals surface area contributed by atoms with Crippen LogP contribution < -0.4 is 5.32 Å². The highest BCUT2D eigenvalue weighted by Gasteiger charge is 2.17. The molecule has 0 aliphatic carbocycles. The van der Waals surface area contributed by atoms with Crippen molar-refractivity contribution in [3.63, 3.8) is 0 Å². The van der Waals surface area contributed by atoms with E-state index in [9.17, 15) is 23.3 Å². The predicted octanol–water partition coefficient (Wildman–Crippen LogP) is 3.93. The zero-order valence-electron chi connectivity index (χ0n) is 11.0. The number of nitrogens with one attached hydrogen (secondary N) is 1. The fourth-order valence-electron chi connectivity index (χ4n) is 1.82. The van der Waals surface area contributed by atoms with E-state index in [1.54, 1.807) is 0 Å². The fourth-order valence-corrected chi connectivity index (χ4v) is 1.82. The van der Waals surface area contributed by atoms with Crippen LogP contribution >= 0.6 is 0 Å². The highest BCUT2D eigenvalue weighted by molar-refractivity contribution is 5.48. The lowest BCUT2D eigenvalue weighted by molar-refractivity contribution is -0.387. The van der Waals surface area contributed by atoms with E-state index in [0.717, 1.165) is 18.2 Å². The lowest BCUT2D eigenvalue weighted by Crippen LogP contribution is -2.06. The number of hydrogen-bond donors (Lipinski definition) is 1. The summed E-state index contributed by atoms with van der Waals surface area (Å²) >= 11 is 0. The van der Waals surface area contributed by atoms with Gasteiger partial charge in [-0.25, -0.2) is 8.78 Å². The molecular formula is C14H11F3N2O2. The minimum atomic E-state index is -0.997. The first-order chi connectivity index (χ1) is 9.90. The summed E-state index contributed by atoms with van der Waals surface area (Å²) in [6.45, 7) is 1.22. The molecular weight excluding hydrogens is 285 g/mol. The Morgan fingerprint density at radius 2 is 1.90 bits per heavy atom. The highest BCUT2D eigenvalue weighted by Crippen LogP contribution is 2.23. The molecule has 0 heterocycles. The number of halogens is 3. The second kappa shape index (κ2) is 5.82. The van der Waals surface area contributed by atoms with E-state index in [-0.39, 0.29) is 23.4 Å². The predicted molar refractivity (Wildman–Crippen MR) is 71.5 cm³/mol. The molecule has 7 heteroatoms. The second-order valence-electron chi connectivity index (χ2n) is 4.44. The summed E-state index contributed by atoms with van der Waals surface area (Å²) in [5.74, 6) is -2.28. The molecule has 0 spiro atoms. The molecule has 0 aliphatic rings. The molecule has 0 saturated carbocycles. The topological polar surface area (TPSA) is 55.2 Å². The summed E-state index contributed by atoms with van der Waals surface area (Å²) in [6.07, 6.45) is 0. The summed E-state index contributed by atoms with van der Waals surface area (Å²) in [6, 6.07) is 5.66. The van der Waals surface area contributed by atoms with Crippen molar-refractivity contribution in [1.82, 2.24) is 0 Å². The van der Waals surface area contributed by atoms with Crippen molar-refractivity contribution in [2.45, 2.75) is 13.5 Å². The number of benzene rings is 2. The summed E-state index contributed by atoms with van der Waals surface area (Å²) in [5.41, 5.74) is -0.655. The summed E-state index contributed by atoms with van der Waals surface area (Å²) in [5, 5.41) is 13.1. The molecule has 21 heavy (non-hydrogen) atoms. The molecule has 2 aromatic rings. The molecule has 0 saturated heterocycles. The minimum absolute atomic E-state index is 0.00965. The van der Waals surface area contributed by atoms with Gasteiger partial charge in [-0.3, -0.25) is 10.1 Å². The first-order valence-electron chi connectivity index (χ1n) is 6.01. The lowest BCUT2D eigenvalue weighted by atomic mass is 10.1. The van der Waals surface area contributed by atoms with E-state index in [1.807, 2.05) is 0 Å². The minimum Gasteiger partial charge on any atom is -0.378 e. The van der Waals surface area contributed by atoms with E-state index in [2.05, 4.69) is 5.32 Å². The molecule has 4 nitrogen and oxygen atoms in total. The maximum atomic E-state index is 13.8. The van der Waals surface area contributed by atoms with Crippen LogP contribution in [-0.2, 0) is 6.54 Å². The van der Waals surface area contributed by atoms with E-state index in [1.165, 1.54) is 19.1 Å². The Labute approximate surface area is 118 Å². The van der Waals surface area contributed by atoms with E-state index >= 15 is 0 Å². The van der Waals surface area contributed by atoms with E-state index < -0.39 is 28.1 Å². The smallest absolute Gasteiger partial charge is 0.305 e. The molecule has 1 N–H and O–H groups in total. The Bertz CT molecular complexity index is 705. The number of hydrogen-bond acceptors (Lipinski definition) is 3. The van der Waals surface area contributed by atoms with Gasteiger partial charge in [-0.15, -0.1) is 0 Å². The van der Waals surface area contributed by atoms with Gasteiger partial charge in [0.15, 0.2) is 0 Å². The molecule has 0 amide bonds. The van der Waals surface area contributed by atoms with Crippen LogP contribution in [0.25, 0.3) is 0 Å². The molecule has 0 aromatic heterocycles. The van der Waals surface area contributed by atoms with Gasteiger partial charge in [0.05, 0.1) is 10.6 Å². The summed E-state index contributed by atoms with van der Waals surface area (Å²) in [7, 11) is 0. The van der Waals surface area contributed by atoms with Gasteiger partial charge in [-0.2, -0.15) is 4.39 Å². The molecule has 2 rings (SSSR count). The molecule has 0 aliphatic heterocycles. The van der Waals surface area contributed by atoms with Crippen LogP contribution in [0.5, 0.6) is 0 Å². The molecule has 0 bridgehead atoms. The van der Waals surface area contributed by atoms with Crippen LogP contribution in [0.1, 0.15) is 11.1 Å². The Morgan fingerprint density at radius 1 is 1.19 bits per heavy atom. The maximum absolute atomic E-state index is 13.8. The first-order valence-corrected chi connectivity index (χ1v) is 6.01. The van der Waals surface area contributed by atoms with Crippen molar-refractivity contribution in [1.29, 1.82) is 0 Å². The monoisotopic (exact) mass is 296 g/mol. The van der Waals surface area contributed by atoms with Crippen LogP contribution in [0, 0.1) is 34.5 Å². The number of aryl methyl sites for hydroxylation is 1. The summed E-state index contributed by atoms with van der Waals surface area (Å²) in [4.78, 5) is 9.78.